The predicted octanol–water partition coefficient (Wildman–Crippen LogP) is 4.93. The second kappa shape index (κ2) is 7.47. The average Bonchev–Trinajstić information content (AvgIpc) is 2.59. The maximum atomic E-state index is 13.2. The highest BCUT2D eigenvalue weighted by Crippen LogP contribution is 2.34. The van der Waals surface area contributed by atoms with Crippen LogP contribution in [0, 0.1) is 5.41 Å². The number of rotatable bonds is 6. The van der Waals surface area contributed by atoms with Gasteiger partial charge in [-0.05, 0) is 42.9 Å². The van der Waals surface area contributed by atoms with E-state index in [1.54, 1.807) is 26.0 Å². The standard InChI is InChI=1S/C22H28O4S/c1-21(2,3)13-14-27(25,26)19-15-17(22(4,5)20(23)24)11-12-18(19)16-9-7-6-8-10-16/h6-12,15H,13-14H2,1-5H3,(H,23,24). The molecule has 5 heteroatoms. The Morgan fingerprint density at radius 3 is 2.07 bits per heavy atom. The van der Waals surface area contributed by atoms with E-state index in [9.17, 15) is 18.3 Å². The number of carboxylic acids is 1. The molecule has 0 heterocycles. The fraction of sp³-hybridized carbons (Fsp3) is 0.409. The van der Waals surface area contributed by atoms with Crippen molar-refractivity contribution in [1.29, 1.82) is 0 Å². The van der Waals surface area contributed by atoms with E-state index < -0.39 is 21.2 Å². The van der Waals surface area contributed by atoms with E-state index in [4.69, 9.17) is 0 Å². The Balaban J connectivity index is 2.65. The molecule has 0 radical (unpaired) electrons. The fourth-order valence-corrected chi connectivity index (χ4v) is 4.63. The van der Waals surface area contributed by atoms with Crippen LogP contribution in [-0.4, -0.2) is 25.2 Å². The lowest BCUT2D eigenvalue weighted by Gasteiger charge is -2.23. The van der Waals surface area contributed by atoms with Gasteiger partial charge in [0.1, 0.15) is 0 Å². The number of carboxylic acid groups (broad SMARTS) is 1. The molecule has 0 aliphatic heterocycles. The highest BCUT2D eigenvalue weighted by molar-refractivity contribution is 7.91. The van der Waals surface area contributed by atoms with Crippen LogP contribution in [0.15, 0.2) is 53.4 Å². The molecule has 0 fully saturated rings. The first-order valence-corrected chi connectivity index (χ1v) is 10.7. The van der Waals surface area contributed by atoms with E-state index >= 15 is 0 Å². The van der Waals surface area contributed by atoms with E-state index in [-0.39, 0.29) is 16.1 Å². The molecule has 2 rings (SSSR count). The van der Waals surface area contributed by atoms with Crippen LogP contribution in [0.5, 0.6) is 0 Å². The molecule has 2 aromatic carbocycles. The van der Waals surface area contributed by atoms with Crippen molar-refractivity contribution in [2.75, 3.05) is 5.75 Å². The third kappa shape index (κ3) is 4.98. The van der Waals surface area contributed by atoms with Crippen molar-refractivity contribution in [3.05, 3.63) is 54.1 Å². The summed E-state index contributed by atoms with van der Waals surface area (Å²) in [6, 6.07) is 14.3. The quantitative estimate of drug-likeness (QED) is 0.762. The fourth-order valence-electron chi connectivity index (χ4n) is 2.70. The van der Waals surface area contributed by atoms with Crippen molar-refractivity contribution < 1.29 is 18.3 Å². The number of hydrogen-bond donors (Lipinski definition) is 1. The van der Waals surface area contributed by atoms with Gasteiger partial charge in [0.25, 0.3) is 0 Å². The van der Waals surface area contributed by atoms with Crippen molar-refractivity contribution in [3.63, 3.8) is 0 Å². The van der Waals surface area contributed by atoms with E-state index in [1.165, 1.54) is 6.07 Å². The highest BCUT2D eigenvalue weighted by atomic mass is 32.2. The van der Waals surface area contributed by atoms with Crippen molar-refractivity contribution in [2.45, 2.75) is 51.3 Å². The lowest BCUT2D eigenvalue weighted by molar-refractivity contribution is -0.142. The molecular weight excluding hydrogens is 360 g/mol. The molecular formula is C22H28O4S. The first-order valence-electron chi connectivity index (χ1n) is 9.01. The minimum atomic E-state index is -3.57. The minimum absolute atomic E-state index is 0.0211. The largest absolute Gasteiger partial charge is 0.481 e. The number of hydrogen-bond acceptors (Lipinski definition) is 3. The van der Waals surface area contributed by atoms with Crippen molar-refractivity contribution >= 4 is 15.8 Å². The molecule has 146 valence electrons. The molecule has 0 unspecified atom stereocenters. The normalized spacial score (nSPS) is 12.8. The van der Waals surface area contributed by atoms with Gasteiger partial charge >= 0.3 is 5.97 Å². The van der Waals surface area contributed by atoms with E-state index in [1.807, 2.05) is 51.1 Å². The monoisotopic (exact) mass is 388 g/mol. The third-order valence-electron chi connectivity index (χ3n) is 4.78. The first-order chi connectivity index (χ1) is 12.3. The maximum Gasteiger partial charge on any atom is 0.313 e. The number of sulfone groups is 1. The molecule has 0 bridgehead atoms. The Hall–Kier alpha value is -2.14. The summed E-state index contributed by atoms with van der Waals surface area (Å²) in [5.41, 5.74) is 0.589. The molecule has 0 saturated heterocycles. The van der Waals surface area contributed by atoms with Crippen LogP contribution in [-0.2, 0) is 20.0 Å². The summed E-state index contributed by atoms with van der Waals surface area (Å²) in [6.45, 7) is 9.18. The summed E-state index contributed by atoms with van der Waals surface area (Å²) in [5, 5.41) is 9.54. The van der Waals surface area contributed by atoms with Gasteiger partial charge in [-0.2, -0.15) is 0 Å². The molecule has 0 saturated carbocycles. The molecule has 1 N–H and O–H groups in total. The summed E-state index contributed by atoms with van der Waals surface area (Å²) in [6.07, 6.45) is 0.524. The van der Waals surface area contributed by atoms with Gasteiger partial charge < -0.3 is 5.11 Å². The minimum Gasteiger partial charge on any atom is -0.481 e. The van der Waals surface area contributed by atoms with Crippen LogP contribution in [0.1, 0.15) is 46.6 Å². The van der Waals surface area contributed by atoms with Gasteiger partial charge in [-0.3, -0.25) is 4.79 Å². The van der Waals surface area contributed by atoms with Crippen LogP contribution in [0.3, 0.4) is 0 Å². The molecule has 0 aliphatic rings. The summed E-state index contributed by atoms with van der Waals surface area (Å²) < 4.78 is 26.3. The van der Waals surface area contributed by atoms with Crippen LogP contribution in [0.4, 0.5) is 0 Å². The lowest BCUT2D eigenvalue weighted by atomic mass is 9.84. The van der Waals surface area contributed by atoms with E-state index in [0.717, 1.165) is 5.56 Å². The highest BCUT2D eigenvalue weighted by Gasteiger charge is 2.32. The molecule has 0 aliphatic carbocycles. The SMILES string of the molecule is CC(C)(C)CCS(=O)(=O)c1cc(C(C)(C)C(=O)O)ccc1-c1ccccc1. The molecule has 2 aromatic rings. The topological polar surface area (TPSA) is 71.4 Å². The van der Waals surface area contributed by atoms with Crippen molar-refractivity contribution in [1.82, 2.24) is 0 Å². The molecule has 0 aromatic heterocycles. The zero-order valence-electron chi connectivity index (χ0n) is 16.6. The Morgan fingerprint density at radius 1 is 0.963 bits per heavy atom. The van der Waals surface area contributed by atoms with Crippen LogP contribution in [0.25, 0.3) is 11.1 Å². The Kier molecular flexibility index (Phi) is 5.85. The second-order valence-electron chi connectivity index (χ2n) is 8.64. The summed E-state index contributed by atoms with van der Waals surface area (Å²) >= 11 is 0. The van der Waals surface area contributed by atoms with Gasteiger partial charge in [-0.25, -0.2) is 8.42 Å². The van der Waals surface area contributed by atoms with E-state index in [2.05, 4.69) is 0 Å². The summed E-state index contributed by atoms with van der Waals surface area (Å²) in [4.78, 5) is 11.8. The Morgan fingerprint density at radius 2 is 1.56 bits per heavy atom. The van der Waals surface area contributed by atoms with Crippen molar-refractivity contribution in [2.24, 2.45) is 5.41 Å². The predicted molar refractivity (Wildman–Crippen MR) is 109 cm³/mol. The number of carbonyl (C=O) groups is 1. The second-order valence-corrected chi connectivity index (χ2v) is 10.7. The van der Waals surface area contributed by atoms with Crippen LogP contribution in [0.2, 0.25) is 0 Å². The molecule has 0 amide bonds. The lowest BCUT2D eigenvalue weighted by Crippen LogP contribution is -2.29. The molecule has 0 spiro atoms. The zero-order chi connectivity index (χ0) is 20.5. The Labute approximate surface area is 162 Å². The van der Waals surface area contributed by atoms with Gasteiger partial charge in [0.2, 0.25) is 0 Å². The van der Waals surface area contributed by atoms with Gasteiger partial charge in [0.15, 0.2) is 9.84 Å². The third-order valence-corrected chi connectivity index (χ3v) is 6.53. The number of aliphatic carboxylic acids is 1. The van der Waals surface area contributed by atoms with Gasteiger partial charge in [-0.15, -0.1) is 0 Å². The zero-order valence-corrected chi connectivity index (χ0v) is 17.4. The van der Waals surface area contributed by atoms with Crippen LogP contribution >= 0.6 is 0 Å². The Bertz CT molecular complexity index is 921. The molecule has 27 heavy (non-hydrogen) atoms. The summed E-state index contributed by atoms with van der Waals surface area (Å²) in [5.74, 6) is -0.971. The van der Waals surface area contributed by atoms with Gasteiger partial charge in [-0.1, -0.05) is 63.2 Å². The smallest absolute Gasteiger partial charge is 0.313 e. The first kappa shape index (κ1) is 21.2. The van der Waals surface area contributed by atoms with Crippen LogP contribution < -0.4 is 0 Å². The van der Waals surface area contributed by atoms with Gasteiger partial charge in [0.05, 0.1) is 16.1 Å². The van der Waals surface area contributed by atoms with Crippen molar-refractivity contribution in [3.8, 4) is 11.1 Å². The van der Waals surface area contributed by atoms with E-state index in [0.29, 0.717) is 17.5 Å². The summed E-state index contributed by atoms with van der Waals surface area (Å²) in [7, 11) is -3.57. The number of benzene rings is 2. The maximum absolute atomic E-state index is 13.2. The van der Waals surface area contributed by atoms with Gasteiger partial charge in [0, 0.05) is 5.56 Å². The molecule has 0 atom stereocenters. The average molecular weight is 389 g/mol. The molecule has 4 nitrogen and oxygen atoms in total.